The van der Waals surface area contributed by atoms with Crippen molar-refractivity contribution in [2.75, 3.05) is 10.9 Å². The molecule has 0 amide bonds. The quantitative estimate of drug-likeness (QED) is 0.218. The molecule has 0 radical (unpaired) electrons. The van der Waals surface area contributed by atoms with Gasteiger partial charge in [0.05, 0.1) is 46.2 Å². The summed E-state index contributed by atoms with van der Waals surface area (Å²) in [6.07, 6.45) is 0.466. The topological polar surface area (TPSA) is 142 Å². The maximum Gasteiger partial charge on any atom is 0.326 e. The largest absolute Gasteiger partial charge is 0.465 e. The molecular formula is C28H23N5O5S. The maximum absolute atomic E-state index is 12.5. The number of ether oxygens (including phenoxy) is 1. The molecular weight excluding hydrogens is 518 g/mol. The van der Waals surface area contributed by atoms with Crippen LogP contribution >= 0.6 is 0 Å². The molecule has 10 nitrogen and oxygen atoms in total. The summed E-state index contributed by atoms with van der Waals surface area (Å²) in [6.45, 7) is 1.70. The Hall–Kier alpha value is -4.63. The second-order valence-corrected chi connectivity index (χ2v) is 9.40. The van der Waals surface area contributed by atoms with E-state index < -0.39 is 23.3 Å². The van der Waals surface area contributed by atoms with Gasteiger partial charge in [-0.15, -0.1) is 0 Å². The molecule has 0 aliphatic carbocycles. The number of pyridine rings is 1. The van der Waals surface area contributed by atoms with Gasteiger partial charge in [-0.05, 0) is 67.1 Å². The first kappa shape index (κ1) is 26.0. The molecule has 39 heavy (non-hydrogen) atoms. The van der Waals surface area contributed by atoms with E-state index in [1.54, 1.807) is 84.4 Å². The summed E-state index contributed by atoms with van der Waals surface area (Å²) < 4.78 is 30.6. The lowest BCUT2D eigenvalue weighted by Crippen LogP contribution is -2.19. The molecule has 0 saturated heterocycles. The highest BCUT2D eigenvalue weighted by atomic mass is 32.2. The monoisotopic (exact) mass is 541 g/mol. The second kappa shape index (κ2) is 11.0. The SMILES string of the molecule is CCOC(=O)Cn1c(C(O)c2ccc(C#N)cc2)nc2cc(N(c3ccc4ncccc4c3)S(=O)O)ccc21. The molecule has 0 bridgehead atoms. The van der Waals surface area contributed by atoms with Crippen LogP contribution in [0.3, 0.4) is 0 Å². The molecule has 2 aromatic heterocycles. The van der Waals surface area contributed by atoms with Crippen LogP contribution in [0.5, 0.6) is 0 Å². The van der Waals surface area contributed by atoms with Crippen LogP contribution in [-0.2, 0) is 27.3 Å². The maximum atomic E-state index is 12.5. The van der Waals surface area contributed by atoms with Gasteiger partial charge in [-0.3, -0.25) is 14.3 Å². The molecule has 3 aromatic carbocycles. The Kier molecular flexibility index (Phi) is 7.33. The molecule has 5 aromatic rings. The highest BCUT2D eigenvalue weighted by Crippen LogP contribution is 2.33. The van der Waals surface area contributed by atoms with E-state index in [1.165, 1.54) is 4.31 Å². The highest BCUT2D eigenvalue weighted by molar-refractivity contribution is 7.81. The molecule has 2 heterocycles. The molecule has 2 atom stereocenters. The van der Waals surface area contributed by atoms with Crippen LogP contribution in [0.25, 0.3) is 21.9 Å². The van der Waals surface area contributed by atoms with Crippen molar-refractivity contribution in [3.63, 3.8) is 0 Å². The molecule has 0 aliphatic rings. The minimum Gasteiger partial charge on any atom is -0.465 e. The van der Waals surface area contributed by atoms with E-state index in [-0.39, 0.29) is 19.0 Å². The van der Waals surface area contributed by atoms with Gasteiger partial charge in [0.2, 0.25) is 0 Å². The lowest BCUT2D eigenvalue weighted by Gasteiger charge is -2.20. The minimum absolute atomic E-state index is 0.188. The van der Waals surface area contributed by atoms with E-state index in [0.717, 1.165) is 10.9 Å². The summed E-state index contributed by atoms with van der Waals surface area (Å²) in [7, 11) is 0. The zero-order valence-electron chi connectivity index (χ0n) is 20.8. The summed E-state index contributed by atoms with van der Waals surface area (Å²) in [4.78, 5) is 21.3. The predicted octanol–water partition coefficient (Wildman–Crippen LogP) is 4.38. The third kappa shape index (κ3) is 5.21. The number of nitriles is 1. The first-order valence-electron chi connectivity index (χ1n) is 12.0. The van der Waals surface area contributed by atoms with Gasteiger partial charge in [0.15, 0.2) is 0 Å². The highest BCUT2D eigenvalue weighted by Gasteiger charge is 2.24. The first-order valence-corrected chi connectivity index (χ1v) is 13.1. The third-order valence-corrected chi connectivity index (χ3v) is 6.90. The van der Waals surface area contributed by atoms with Gasteiger partial charge in [-0.2, -0.15) is 5.26 Å². The van der Waals surface area contributed by atoms with Gasteiger partial charge in [0.25, 0.3) is 11.3 Å². The van der Waals surface area contributed by atoms with E-state index in [4.69, 9.17) is 10.00 Å². The van der Waals surface area contributed by atoms with Crippen molar-refractivity contribution in [3.05, 3.63) is 95.9 Å². The number of aromatic nitrogens is 3. The van der Waals surface area contributed by atoms with Crippen molar-refractivity contribution in [2.45, 2.75) is 19.6 Å². The van der Waals surface area contributed by atoms with Crippen LogP contribution in [0, 0.1) is 11.3 Å². The summed E-state index contributed by atoms with van der Waals surface area (Å²) in [5.74, 6) is -0.314. The molecule has 2 N–H and O–H groups in total. The van der Waals surface area contributed by atoms with E-state index in [2.05, 4.69) is 9.97 Å². The average Bonchev–Trinajstić information content (AvgIpc) is 3.30. The van der Waals surface area contributed by atoms with Crippen LogP contribution < -0.4 is 4.31 Å². The summed E-state index contributed by atoms with van der Waals surface area (Å²) in [6, 6.07) is 22.3. The molecule has 2 unspecified atom stereocenters. The minimum atomic E-state index is -2.41. The number of aliphatic hydroxyl groups excluding tert-OH is 1. The third-order valence-electron chi connectivity index (χ3n) is 6.17. The fourth-order valence-corrected chi connectivity index (χ4v) is 4.97. The second-order valence-electron chi connectivity index (χ2n) is 8.58. The zero-order valence-corrected chi connectivity index (χ0v) is 21.6. The van der Waals surface area contributed by atoms with Crippen LogP contribution in [-0.4, -0.2) is 41.0 Å². The van der Waals surface area contributed by atoms with Crippen molar-refractivity contribution in [1.29, 1.82) is 5.26 Å². The van der Waals surface area contributed by atoms with Gasteiger partial charge < -0.3 is 14.4 Å². The number of anilines is 2. The molecule has 0 saturated carbocycles. The van der Waals surface area contributed by atoms with Crippen LogP contribution in [0.15, 0.2) is 79.0 Å². The molecule has 0 fully saturated rings. The standard InChI is InChI=1S/C28H23N5O5S/c1-2-38-26(34)17-32-25-12-10-22(33(39(36)37)21-9-11-23-20(14-21)4-3-13-30-23)15-24(25)31-28(32)27(35)19-7-5-18(16-29)6-8-19/h3-15,27,35H,2,17H2,1H3,(H,36,37). The summed E-state index contributed by atoms with van der Waals surface area (Å²) >= 11 is -2.41. The molecule has 5 rings (SSSR count). The van der Waals surface area contributed by atoms with Crippen LogP contribution in [0.4, 0.5) is 11.4 Å². The van der Waals surface area contributed by atoms with Crippen molar-refractivity contribution in [1.82, 2.24) is 14.5 Å². The lowest BCUT2D eigenvalue weighted by atomic mass is 10.1. The van der Waals surface area contributed by atoms with Crippen molar-refractivity contribution in [3.8, 4) is 6.07 Å². The first-order chi connectivity index (χ1) is 18.9. The van der Waals surface area contributed by atoms with Crippen molar-refractivity contribution < 1.29 is 23.4 Å². The number of esters is 1. The Labute approximate surface area is 226 Å². The van der Waals surface area contributed by atoms with Gasteiger partial charge >= 0.3 is 5.97 Å². The molecule has 196 valence electrons. The van der Waals surface area contributed by atoms with E-state index in [1.807, 2.05) is 12.1 Å². The van der Waals surface area contributed by atoms with Crippen LogP contribution in [0.2, 0.25) is 0 Å². The average molecular weight is 542 g/mol. The predicted molar refractivity (Wildman–Crippen MR) is 146 cm³/mol. The Balaban J connectivity index is 1.61. The lowest BCUT2D eigenvalue weighted by molar-refractivity contribution is -0.143. The summed E-state index contributed by atoms with van der Waals surface area (Å²) in [5, 5.41) is 21.1. The Morgan fingerprint density at radius 2 is 1.85 bits per heavy atom. The zero-order chi connectivity index (χ0) is 27.5. The Bertz CT molecular complexity index is 1750. The number of aliphatic hydroxyl groups is 1. The number of imidazole rings is 1. The number of nitrogens with zero attached hydrogens (tertiary/aromatic N) is 5. The van der Waals surface area contributed by atoms with Gasteiger partial charge in [-0.25, -0.2) is 13.5 Å². The summed E-state index contributed by atoms with van der Waals surface area (Å²) in [5.41, 5.74) is 3.46. The Morgan fingerprint density at radius 1 is 1.10 bits per heavy atom. The van der Waals surface area contributed by atoms with Crippen LogP contribution in [0.1, 0.15) is 30.0 Å². The number of carbonyl (C=O) groups excluding carboxylic acids is 1. The number of benzene rings is 3. The number of fused-ring (bicyclic) bond motifs is 2. The molecule has 0 aliphatic heterocycles. The number of hydrogen-bond donors (Lipinski definition) is 2. The van der Waals surface area contributed by atoms with E-state index in [9.17, 15) is 18.7 Å². The number of hydrogen-bond acceptors (Lipinski definition) is 7. The number of carbonyl (C=O) groups is 1. The van der Waals surface area contributed by atoms with E-state index >= 15 is 0 Å². The van der Waals surface area contributed by atoms with Gasteiger partial charge in [0.1, 0.15) is 18.5 Å². The van der Waals surface area contributed by atoms with Gasteiger partial charge in [-0.1, -0.05) is 18.2 Å². The molecule has 0 spiro atoms. The normalized spacial score (nSPS) is 12.7. The van der Waals surface area contributed by atoms with E-state index in [0.29, 0.717) is 33.5 Å². The van der Waals surface area contributed by atoms with Crippen molar-refractivity contribution >= 4 is 50.5 Å². The van der Waals surface area contributed by atoms with Crippen molar-refractivity contribution in [2.24, 2.45) is 0 Å². The Morgan fingerprint density at radius 3 is 2.56 bits per heavy atom. The number of rotatable bonds is 8. The fourth-order valence-electron chi connectivity index (χ4n) is 4.38. The smallest absolute Gasteiger partial charge is 0.326 e. The van der Waals surface area contributed by atoms with Gasteiger partial charge in [0, 0.05) is 11.6 Å². The fraction of sp³-hybridized carbons (Fsp3) is 0.143. The molecule has 11 heteroatoms.